The molecule has 0 aromatic heterocycles. The molecule has 0 saturated heterocycles. The van der Waals surface area contributed by atoms with Gasteiger partial charge in [0.25, 0.3) is 0 Å². The molecule has 0 aromatic carbocycles. The first kappa shape index (κ1) is 20.4. The van der Waals surface area contributed by atoms with Crippen LogP contribution >= 0.6 is 0 Å². The minimum Gasteiger partial charge on any atom is -0.481 e. The summed E-state index contributed by atoms with van der Waals surface area (Å²) in [6.45, 7) is 3.84. The van der Waals surface area contributed by atoms with Gasteiger partial charge in [0.05, 0.1) is 12.8 Å². The molecule has 0 spiro atoms. The third-order valence-electron chi connectivity index (χ3n) is 3.41. The van der Waals surface area contributed by atoms with E-state index < -0.39 is 11.9 Å². The van der Waals surface area contributed by atoms with E-state index in [2.05, 4.69) is 12.2 Å². The first-order valence-electron chi connectivity index (χ1n) is 8.18. The van der Waals surface area contributed by atoms with Gasteiger partial charge < -0.3 is 10.2 Å². The van der Waals surface area contributed by atoms with Crippen LogP contribution in [0.5, 0.6) is 0 Å². The van der Waals surface area contributed by atoms with E-state index in [1.165, 1.54) is 12.8 Å². The lowest BCUT2D eigenvalue weighted by atomic mass is 10.0. The van der Waals surface area contributed by atoms with Gasteiger partial charge in [-0.3, -0.25) is 9.59 Å². The maximum atomic E-state index is 10.5. The van der Waals surface area contributed by atoms with Crippen molar-refractivity contribution in [3.63, 3.8) is 0 Å². The highest BCUT2D eigenvalue weighted by atomic mass is 16.4. The van der Waals surface area contributed by atoms with E-state index in [1.807, 2.05) is 26.0 Å². The number of allylic oxidation sites excluding steroid dienone is 4. The maximum absolute atomic E-state index is 10.5. The number of rotatable bonds is 13. The van der Waals surface area contributed by atoms with Crippen LogP contribution in [-0.4, -0.2) is 22.2 Å². The maximum Gasteiger partial charge on any atom is 0.303 e. The lowest BCUT2D eigenvalue weighted by molar-refractivity contribution is -0.138. The molecule has 4 nitrogen and oxygen atoms in total. The van der Waals surface area contributed by atoms with Crippen molar-refractivity contribution in [1.82, 2.24) is 0 Å². The number of hydrogen-bond donors (Lipinski definition) is 2. The predicted octanol–water partition coefficient (Wildman–Crippen LogP) is 4.66. The van der Waals surface area contributed by atoms with Crippen molar-refractivity contribution in [2.75, 3.05) is 0 Å². The molecule has 0 aliphatic carbocycles. The second-order valence-electron chi connectivity index (χ2n) is 6.00. The van der Waals surface area contributed by atoms with Gasteiger partial charge in [0.1, 0.15) is 0 Å². The molecule has 0 rings (SSSR count). The Morgan fingerprint density at radius 2 is 1.14 bits per heavy atom. The summed E-state index contributed by atoms with van der Waals surface area (Å²) < 4.78 is 0. The van der Waals surface area contributed by atoms with Crippen molar-refractivity contribution in [3.8, 4) is 0 Å². The second kappa shape index (κ2) is 13.1. The molecular formula is C18H30O4. The zero-order chi connectivity index (χ0) is 16.8. The largest absolute Gasteiger partial charge is 0.481 e. The van der Waals surface area contributed by atoms with Crippen LogP contribution in [0.2, 0.25) is 0 Å². The standard InChI is InChI=1S/C18H30O4/c1-15(13-17(19)20)11-9-7-5-3-4-6-8-10-12-16(2)14-18(21)22/h9-12,15-16H,3-8,13-14H2,1-2H3,(H,19,20)(H,21,22)/b11-9+,12-10+. The lowest BCUT2D eigenvalue weighted by Gasteiger charge is -2.02. The molecule has 4 heteroatoms. The van der Waals surface area contributed by atoms with Crippen molar-refractivity contribution < 1.29 is 19.8 Å². The highest BCUT2D eigenvalue weighted by Gasteiger charge is 2.03. The van der Waals surface area contributed by atoms with Gasteiger partial charge in [0.15, 0.2) is 0 Å². The van der Waals surface area contributed by atoms with Gasteiger partial charge in [-0.15, -0.1) is 0 Å². The number of aliphatic carboxylic acids is 2. The van der Waals surface area contributed by atoms with Gasteiger partial charge in [-0.2, -0.15) is 0 Å². The molecule has 0 aliphatic heterocycles. The molecule has 2 atom stereocenters. The molecule has 2 unspecified atom stereocenters. The lowest BCUT2D eigenvalue weighted by Crippen LogP contribution is -2.01. The van der Waals surface area contributed by atoms with Crippen LogP contribution in [0.1, 0.15) is 65.2 Å². The molecule has 126 valence electrons. The van der Waals surface area contributed by atoms with Crippen LogP contribution in [0.3, 0.4) is 0 Å². The Morgan fingerprint density at radius 3 is 1.45 bits per heavy atom. The fourth-order valence-corrected chi connectivity index (χ4v) is 2.22. The normalized spacial score (nSPS) is 14.5. The van der Waals surface area contributed by atoms with Gasteiger partial charge in [-0.25, -0.2) is 0 Å². The Balaban J connectivity index is 3.47. The van der Waals surface area contributed by atoms with E-state index in [9.17, 15) is 9.59 Å². The van der Waals surface area contributed by atoms with E-state index in [4.69, 9.17) is 10.2 Å². The Hall–Kier alpha value is -1.58. The van der Waals surface area contributed by atoms with Crippen molar-refractivity contribution >= 4 is 11.9 Å². The smallest absolute Gasteiger partial charge is 0.303 e. The summed E-state index contributed by atoms with van der Waals surface area (Å²) in [5.41, 5.74) is 0. The van der Waals surface area contributed by atoms with Crippen molar-refractivity contribution in [2.45, 2.75) is 65.2 Å². The molecule has 0 aromatic rings. The van der Waals surface area contributed by atoms with Crippen molar-refractivity contribution in [1.29, 1.82) is 0 Å². The monoisotopic (exact) mass is 310 g/mol. The summed E-state index contributed by atoms with van der Waals surface area (Å²) in [4.78, 5) is 21.0. The van der Waals surface area contributed by atoms with E-state index in [1.54, 1.807) is 0 Å². The van der Waals surface area contributed by atoms with Crippen molar-refractivity contribution in [2.24, 2.45) is 11.8 Å². The number of carboxylic acid groups (broad SMARTS) is 2. The molecule has 0 saturated carbocycles. The number of carbonyl (C=O) groups is 2. The minimum atomic E-state index is -0.747. The fourth-order valence-electron chi connectivity index (χ4n) is 2.22. The van der Waals surface area contributed by atoms with E-state index in [0.717, 1.165) is 25.7 Å². The van der Waals surface area contributed by atoms with Crippen molar-refractivity contribution in [3.05, 3.63) is 24.3 Å². The Morgan fingerprint density at radius 1 is 0.773 bits per heavy atom. The van der Waals surface area contributed by atoms with Crippen LogP contribution in [0.4, 0.5) is 0 Å². The van der Waals surface area contributed by atoms with Crippen LogP contribution in [0, 0.1) is 11.8 Å². The minimum absolute atomic E-state index is 0.107. The molecule has 0 heterocycles. The first-order chi connectivity index (χ1) is 10.4. The predicted molar refractivity (Wildman–Crippen MR) is 88.8 cm³/mol. The molecule has 0 aliphatic rings. The first-order valence-corrected chi connectivity index (χ1v) is 8.18. The highest BCUT2D eigenvalue weighted by Crippen LogP contribution is 2.10. The average molecular weight is 310 g/mol. The zero-order valence-electron chi connectivity index (χ0n) is 13.8. The van der Waals surface area contributed by atoms with Gasteiger partial charge in [-0.1, -0.05) is 51.0 Å². The summed E-state index contributed by atoms with van der Waals surface area (Å²) in [6.07, 6.45) is 15.2. The van der Waals surface area contributed by atoms with Crippen LogP contribution in [0.25, 0.3) is 0 Å². The van der Waals surface area contributed by atoms with Gasteiger partial charge in [0.2, 0.25) is 0 Å². The van der Waals surface area contributed by atoms with Gasteiger partial charge in [-0.05, 0) is 37.5 Å². The van der Waals surface area contributed by atoms with E-state index in [-0.39, 0.29) is 24.7 Å². The molecule has 0 bridgehead atoms. The molecular weight excluding hydrogens is 280 g/mol. The number of hydrogen-bond acceptors (Lipinski definition) is 2. The van der Waals surface area contributed by atoms with Gasteiger partial charge >= 0.3 is 11.9 Å². The Kier molecular flexibility index (Phi) is 12.2. The Bertz CT molecular complexity index is 335. The van der Waals surface area contributed by atoms with E-state index >= 15 is 0 Å². The molecule has 0 amide bonds. The fraction of sp³-hybridized carbons (Fsp3) is 0.667. The van der Waals surface area contributed by atoms with Crippen LogP contribution in [-0.2, 0) is 9.59 Å². The summed E-state index contributed by atoms with van der Waals surface area (Å²) in [6, 6.07) is 0. The molecule has 22 heavy (non-hydrogen) atoms. The molecule has 2 N–H and O–H groups in total. The highest BCUT2D eigenvalue weighted by molar-refractivity contribution is 5.67. The molecule has 0 radical (unpaired) electrons. The third-order valence-corrected chi connectivity index (χ3v) is 3.41. The SMILES string of the molecule is CC(/C=C/CCCCCC/C=C/C(C)CC(=O)O)CC(=O)O. The summed E-state index contributed by atoms with van der Waals surface area (Å²) in [7, 11) is 0. The van der Waals surface area contributed by atoms with Crippen LogP contribution in [0.15, 0.2) is 24.3 Å². The zero-order valence-corrected chi connectivity index (χ0v) is 13.8. The summed E-state index contributed by atoms with van der Waals surface area (Å²) in [5.74, 6) is -1.28. The third kappa shape index (κ3) is 14.8. The molecule has 0 fully saturated rings. The topological polar surface area (TPSA) is 74.6 Å². The van der Waals surface area contributed by atoms with Gasteiger partial charge in [0, 0.05) is 0 Å². The second-order valence-corrected chi connectivity index (χ2v) is 6.00. The number of unbranched alkanes of at least 4 members (excludes halogenated alkanes) is 5. The average Bonchev–Trinajstić information content (AvgIpc) is 2.39. The van der Waals surface area contributed by atoms with E-state index in [0.29, 0.717) is 0 Å². The van der Waals surface area contributed by atoms with Crippen LogP contribution < -0.4 is 0 Å². The summed E-state index contributed by atoms with van der Waals surface area (Å²) in [5, 5.41) is 17.3. The number of carboxylic acids is 2. The quantitative estimate of drug-likeness (QED) is 0.383. The Labute approximate surface area is 133 Å². The summed E-state index contributed by atoms with van der Waals surface area (Å²) >= 11 is 0.